The van der Waals surface area contributed by atoms with Crippen LogP contribution in [0.2, 0.25) is 0 Å². The molecule has 1 atom stereocenters. The Labute approximate surface area is 123 Å². The third-order valence-corrected chi connectivity index (χ3v) is 3.53. The molecule has 4 nitrogen and oxygen atoms in total. The molecule has 0 radical (unpaired) electrons. The normalized spacial score (nSPS) is 14.8. The summed E-state index contributed by atoms with van der Waals surface area (Å²) in [6, 6.07) is 13.3. The molecular formula is C17H18O4. The highest BCUT2D eigenvalue weighted by Gasteiger charge is 2.18. The number of benzene rings is 2. The number of hydrogen-bond donors (Lipinski definition) is 1. The van der Waals surface area contributed by atoms with E-state index in [4.69, 9.17) is 14.2 Å². The molecule has 0 fully saturated rings. The van der Waals surface area contributed by atoms with Crippen molar-refractivity contribution >= 4 is 0 Å². The van der Waals surface area contributed by atoms with E-state index in [0.29, 0.717) is 25.6 Å². The zero-order valence-corrected chi connectivity index (χ0v) is 11.9. The van der Waals surface area contributed by atoms with Crippen molar-refractivity contribution in [1.82, 2.24) is 0 Å². The second kappa shape index (κ2) is 6.16. The van der Waals surface area contributed by atoms with Crippen molar-refractivity contribution in [2.75, 3.05) is 20.3 Å². The summed E-state index contributed by atoms with van der Waals surface area (Å²) in [5.74, 6) is 1.41. The Morgan fingerprint density at radius 2 is 1.86 bits per heavy atom. The first-order valence-corrected chi connectivity index (χ1v) is 6.94. The van der Waals surface area contributed by atoms with Crippen LogP contribution in [0, 0.1) is 0 Å². The number of aliphatic hydroxyl groups excluding tert-OH is 1. The predicted molar refractivity (Wildman–Crippen MR) is 78.6 cm³/mol. The van der Waals surface area contributed by atoms with E-state index >= 15 is 0 Å². The Morgan fingerprint density at radius 1 is 1.10 bits per heavy atom. The molecule has 2 aromatic carbocycles. The molecular weight excluding hydrogens is 268 g/mol. The van der Waals surface area contributed by atoms with Crippen LogP contribution in [0.5, 0.6) is 11.5 Å². The summed E-state index contributed by atoms with van der Waals surface area (Å²) in [7, 11) is 1.65. The first-order chi connectivity index (χ1) is 10.3. The molecule has 21 heavy (non-hydrogen) atoms. The molecule has 1 aliphatic rings. The van der Waals surface area contributed by atoms with Gasteiger partial charge in [0.2, 0.25) is 0 Å². The lowest BCUT2D eigenvalue weighted by atomic mass is 9.97. The van der Waals surface area contributed by atoms with Crippen molar-refractivity contribution in [3.63, 3.8) is 0 Å². The van der Waals surface area contributed by atoms with Gasteiger partial charge in [0.05, 0.1) is 6.61 Å². The SMILES string of the molecule is COCc1ccccc1C(O)c1ccc2c(c1)OCCO2. The molecule has 0 aromatic heterocycles. The van der Waals surface area contributed by atoms with Gasteiger partial charge in [0, 0.05) is 7.11 Å². The fraction of sp³-hybridized carbons (Fsp3) is 0.294. The van der Waals surface area contributed by atoms with Crippen LogP contribution in [-0.2, 0) is 11.3 Å². The van der Waals surface area contributed by atoms with E-state index < -0.39 is 6.10 Å². The number of hydrogen-bond acceptors (Lipinski definition) is 4. The van der Waals surface area contributed by atoms with E-state index in [1.165, 1.54) is 0 Å². The fourth-order valence-corrected chi connectivity index (χ4v) is 2.50. The minimum Gasteiger partial charge on any atom is -0.486 e. The number of ether oxygens (including phenoxy) is 3. The summed E-state index contributed by atoms with van der Waals surface area (Å²) < 4.78 is 16.3. The van der Waals surface area contributed by atoms with Crippen LogP contribution in [0.15, 0.2) is 42.5 Å². The molecule has 1 heterocycles. The average Bonchev–Trinajstić information content (AvgIpc) is 2.54. The largest absolute Gasteiger partial charge is 0.486 e. The molecule has 0 saturated heterocycles. The minimum atomic E-state index is -0.716. The second-order valence-corrected chi connectivity index (χ2v) is 4.94. The van der Waals surface area contributed by atoms with E-state index in [1.807, 2.05) is 42.5 Å². The Kier molecular flexibility index (Phi) is 4.08. The number of aliphatic hydroxyl groups is 1. The molecule has 2 aromatic rings. The molecule has 3 rings (SSSR count). The lowest BCUT2D eigenvalue weighted by Gasteiger charge is -2.21. The van der Waals surface area contributed by atoms with Gasteiger partial charge in [-0.05, 0) is 28.8 Å². The van der Waals surface area contributed by atoms with Gasteiger partial charge in [-0.2, -0.15) is 0 Å². The topological polar surface area (TPSA) is 47.9 Å². The third-order valence-electron chi connectivity index (χ3n) is 3.53. The van der Waals surface area contributed by atoms with Gasteiger partial charge >= 0.3 is 0 Å². The summed E-state index contributed by atoms with van der Waals surface area (Å²) >= 11 is 0. The van der Waals surface area contributed by atoms with Gasteiger partial charge in [0.15, 0.2) is 11.5 Å². The highest BCUT2D eigenvalue weighted by atomic mass is 16.6. The summed E-state index contributed by atoms with van der Waals surface area (Å²) in [5.41, 5.74) is 2.60. The van der Waals surface area contributed by atoms with Crippen LogP contribution in [0.3, 0.4) is 0 Å². The van der Waals surface area contributed by atoms with Crippen molar-refractivity contribution in [2.24, 2.45) is 0 Å². The highest BCUT2D eigenvalue weighted by Crippen LogP contribution is 2.35. The first kappa shape index (κ1) is 13.9. The van der Waals surface area contributed by atoms with E-state index in [9.17, 15) is 5.11 Å². The van der Waals surface area contributed by atoms with E-state index in [1.54, 1.807) is 7.11 Å². The summed E-state index contributed by atoms with van der Waals surface area (Å²) in [4.78, 5) is 0. The van der Waals surface area contributed by atoms with Gasteiger partial charge in [-0.25, -0.2) is 0 Å². The molecule has 110 valence electrons. The zero-order valence-electron chi connectivity index (χ0n) is 11.9. The molecule has 1 unspecified atom stereocenters. The Bertz CT molecular complexity index is 624. The lowest BCUT2D eigenvalue weighted by molar-refractivity contribution is 0.168. The van der Waals surface area contributed by atoms with E-state index in [-0.39, 0.29) is 0 Å². The van der Waals surface area contributed by atoms with E-state index in [0.717, 1.165) is 22.4 Å². The number of fused-ring (bicyclic) bond motifs is 1. The van der Waals surface area contributed by atoms with Crippen LogP contribution in [0.1, 0.15) is 22.8 Å². The zero-order chi connectivity index (χ0) is 14.7. The van der Waals surface area contributed by atoms with Gasteiger partial charge in [0.1, 0.15) is 19.3 Å². The van der Waals surface area contributed by atoms with Gasteiger partial charge in [-0.1, -0.05) is 30.3 Å². The van der Waals surface area contributed by atoms with Crippen LogP contribution in [0.4, 0.5) is 0 Å². The maximum absolute atomic E-state index is 10.6. The van der Waals surface area contributed by atoms with Crippen LogP contribution >= 0.6 is 0 Å². The smallest absolute Gasteiger partial charge is 0.161 e. The fourth-order valence-electron chi connectivity index (χ4n) is 2.50. The molecule has 0 spiro atoms. The number of methoxy groups -OCH3 is 1. The molecule has 0 saturated carbocycles. The first-order valence-electron chi connectivity index (χ1n) is 6.94. The summed E-state index contributed by atoms with van der Waals surface area (Å²) in [6.07, 6.45) is -0.716. The van der Waals surface area contributed by atoms with Crippen molar-refractivity contribution in [1.29, 1.82) is 0 Å². The monoisotopic (exact) mass is 286 g/mol. The average molecular weight is 286 g/mol. The van der Waals surface area contributed by atoms with Crippen LogP contribution in [0.25, 0.3) is 0 Å². The van der Waals surface area contributed by atoms with Gasteiger partial charge in [0.25, 0.3) is 0 Å². The summed E-state index contributed by atoms with van der Waals surface area (Å²) in [6.45, 7) is 1.57. The van der Waals surface area contributed by atoms with E-state index in [2.05, 4.69) is 0 Å². The summed E-state index contributed by atoms with van der Waals surface area (Å²) in [5, 5.41) is 10.6. The molecule has 0 bridgehead atoms. The minimum absolute atomic E-state index is 0.470. The van der Waals surface area contributed by atoms with Gasteiger partial charge in [-0.3, -0.25) is 0 Å². The van der Waals surface area contributed by atoms with Gasteiger partial charge < -0.3 is 19.3 Å². The van der Waals surface area contributed by atoms with Crippen molar-refractivity contribution < 1.29 is 19.3 Å². The standard InChI is InChI=1S/C17H18O4/c1-19-11-13-4-2-3-5-14(13)17(18)12-6-7-15-16(10-12)21-9-8-20-15/h2-7,10,17-18H,8-9,11H2,1H3. The van der Waals surface area contributed by atoms with Gasteiger partial charge in [-0.15, -0.1) is 0 Å². The maximum atomic E-state index is 10.6. The maximum Gasteiger partial charge on any atom is 0.161 e. The second-order valence-electron chi connectivity index (χ2n) is 4.94. The molecule has 0 aliphatic carbocycles. The molecule has 4 heteroatoms. The van der Waals surface area contributed by atoms with Crippen LogP contribution in [-0.4, -0.2) is 25.4 Å². The Morgan fingerprint density at radius 3 is 2.67 bits per heavy atom. The van der Waals surface area contributed by atoms with Crippen molar-refractivity contribution in [2.45, 2.75) is 12.7 Å². The lowest BCUT2D eigenvalue weighted by Crippen LogP contribution is -2.15. The van der Waals surface area contributed by atoms with Crippen LogP contribution < -0.4 is 9.47 Å². The highest BCUT2D eigenvalue weighted by molar-refractivity contribution is 5.46. The molecule has 1 aliphatic heterocycles. The Hall–Kier alpha value is -2.04. The van der Waals surface area contributed by atoms with Crippen molar-refractivity contribution in [3.05, 3.63) is 59.2 Å². The molecule has 1 N–H and O–H groups in total. The predicted octanol–water partition coefficient (Wildman–Crippen LogP) is 2.69. The van der Waals surface area contributed by atoms with Crippen molar-refractivity contribution in [3.8, 4) is 11.5 Å². The third kappa shape index (κ3) is 2.86. The number of rotatable bonds is 4. The quantitative estimate of drug-likeness (QED) is 0.938. The Balaban J connectivity index is 1.93. The molecule has 0 amide bonds.